The molecule has 0 aliphatic carbocycles. The zero-order valence-corrected chi connectivity index (χ0v) is 13.4. The Hall–Kier alpha value is -0.680. The maximum Gasteiger partial charge on any atom is 0.255 e. The molecule has 0 unspecified atom stereocenters. The van der Waals surface area contributed by atoms with Crippen LogP contribution in [0.15, 0.2) is 22.7 Å². The molecule has 0 spiro atoms. The van der Waals surface area contributed by atoms with Gasteiger partial charge in [0.2, 0.25) is 0 Å². The molecule has 0 aromatic heterocycles. The van der Waals surface area contributed by atoms with Crippen molar-refractivity contribution in [2.45, 2.75) is 39.3 Å². The first-order chi connectivity index (χ1) is 8.69. The van der Waals surface area contributed by atoms with Crippen LogP contribution in [0.4, 0.5) is 14.5 Å². The summed E-state index contributed by atoms with van der Waals surface area (Å²) in [5.74, 6) is 0. The van der Waals surface area contributed by atoms with Gasteiger partial charge in [0, 0.05) is 29.3 Å². The second-order valence-electron chi connectivity index (χ2n) is 5.65. The molecule has 0 aliphatic heterocycles. The minimum Gasteiger partial charge on any atom is -0.369 e. The molecule has 2 nitrogen and oxygen atoms in total. The lowest BCUT2D eigenvalue weighted by Crippen LogP contribution is -2.35. The monoisotopic (exact) mass is 334 g/mol. The van der Waals surface area contributed by atoms with Crippen LogP contribution in [0.25, 0.3) is 0 Å². The van der Waals surface area contributed by atoms with E-state index in [4.69, 9.17) is 0 Å². The number of anilines is 1. The third-order valence-corrected chi connectivity index (χ3v) is 3.44. The van der Waals surface area contributed by atoms with Crippen LogP contribution in [0.2, 0.25) is 0 Å². The summed E-state index contributed by atoms with van der Waals surface area (Å²) in [5, 5.41) is 3.40. The Labute approximate surface area is 122 Å². The molecule has 1 aromatic carbocycles. The zero-order valence-electron chi connectivity index (χ0n) is 11.8. The molecular weight excluding hydrogens is 314 g/mol. The standard InChI is InChI=1S/C14H21BrF2N2/c1-14(2,3)18-8-10-5-6-11(7-12(10)15)19(4)9-13(16)17/h5-7,13,18H,8-9H2,1-4H3. The zero-order chi connectivity index (χ0) is 14.6. The van der Waals surface area contributed by atoms with Crippen LogP contribution in [-0.2, 0) is 6.54 Å². The normalized spacial score (nSPS) is 12.0. The lowest BCUT2D eigenvalue weighted by Gasteiger charge is -2.22. The highest BCUT2D eigenvalue weighted by Crippen LogP contribution is 2.24. The molecule has 0 amide bonds. The highest BCUT2D eigenvalue weighted by molar-refractivity contribution is 9.10. The summed E-state index contributed by atoms with van der Waals surface area (Å²) < 4.78 is 25.6. The van der Waals surface area contributed by atoms with Gasteiger partial charge in [-0.05, 0) is 38.5 Å². The molecule has 0 bridgehead atoms. The van der Waals surface area contributed by atoms with E-state index in [0.29, 0.717) is 0 Å². The smallest absolute Gasteiger partial charge is 0.255 e. The molecule has 1 aromatic rings. The Morgan fingerprint density at radius 3 is 2.42 bits per heavy atom. The van der Waals surface area contributed by atoms with Crippen LogP contribution >= 0.6 is 15.9 Å². The summed E-state index contributed by atoms with van der Waals surface area (Å²) in [5.41, 5.74) is 1.95. The quantitative estimate of drug-likeness (QED) is 0.874. The molecule has 0 fully saturated rings. The van der Waals surface area contributed by atoms with Crippen molar-refractivity contribution < 1.29 is 8.78 Å². The van der Waals surface area contributed by atoms with E-state index < -0.39 is 6.43 Å². The third-order valence-electron chi connectivity index (χ3n) is 2.70. The molecule has 0 radical (unpaired) electrons. The van der Waals surface area contributed by atoms with E-state index in [0.717, 1.165) is 22.3 Å². The first-order valence-electron chi connectivity index (χ1n) is 6.22. The van der Waals surface area contributed by atoms with Crippen LogP contribution in [0.1, 0.15) is 26.3 Å². The Balaban J connectivity index is 2.74. The van der Waals surface area contributed by atoms with Gasteiger partial charge in [-0.1, -0.05) is 22.0 Å². The van der Waals surface area contributed by atoms with E-state index in [1.165, 1.54) is 0 Å². The van der Waals surface area contributed by atoms with Gasteiger partial charge in [0.05, 0.1) is 6.54 Å². The topological polar surface area (TPSA) is 15.3 Å². The summed E-state index contributed by atoms with van der Waals surface area (Å²) >= 11 is 3.50. The van der Waals surface area contributed by atoms with Crippen molar-refractivity contribution in [1.29, 1.82) is 0 Å². The minimum absolute atomic E-state index is 0.0462. The van der Waals surface area contributed by atoms with Crippen molar-refractivity contribution >= 4 is 21.6 Å². The van der Waals surface area contributed by atoms with E-state index in [2.05, 4.69) is 42.0 Å². The Bertz CT molecular complexity index is 416. The van der Waals surface area contributed by atoms with E-state index in [-0.39, 0.29) is 12.1 Å². The fourth-order valence-corrected chi connectivity index (χ4v) is 2.10. The first kappa shape index (κ1) is 16.4. The van der Waals surface area contributed by atoms with Gasteiger partial charge in [-0.15, -0.1) is 0 Å². The van der Waals surface area contributed by atoms with Crippen LogP contribution in [0.5, 0.6) is 0 Å². The minimum atomic E-state index is -2.33. The molecule has 108 valence electrons. The highest BCUT2D eigenvalue weighted by atomic mass is 79.9. The summed E-state index contributed by atoms with van der Waals surface area (Å²) in [7, 11) is 1.67. The first-order valence-corrected chi connectivity index (χ1v) is 7.01. The fraction of sp³-hybridized carbons (Fsp3) is 0.571. The molecule has 0 atom stereocenters. The SMILES string of the molecule is CN(CC(F)F)c1ccc(CNC(C)(C)C)c(Br)c1. The predicted molar refractivity (Wildman–Crippen MR) is 80.0 cm³/mol. The number of rotatable bonds is 5. The van der Waals surface area contributed by atoms with Crippen molar-refractivity contribution in [3.05, 3.63) is 28.2 Å². The van der Waals surface area contributed by atoms with Crippen molar-refractivity contribution in [3.63, 3.8) is 0 Å². The number of alkyl halides is 2. The van der Waals surface area contributed by atoms with Crippen molar-refractivity contribution in [2.75, 3.05) is 18.5 Å². The predicted octanol–water partition coefficient (Wildman–Crippen LogP) is 4.04. The van der Waals surface area contributed by atoms with Crippen LogP contribution in [0.3, 0.4) is 0 Å². The molecule has 0 saturated heterocycles. The maximum atomic E-state index is 12.3. The highest BCUT2D eigenvalue weighted by Gasteiger charge is 2.12. The summed E-state index contributed by atoms with van der Waals surface area (Å²) in [6.45, 7) is 6.79. The van der Waals surface area contributed by atoms with Gasteiger partial charge >= 0.3 is 0 Å². The van der Waals surface area contributed by atoms with Crippen molar-refractivity contribution in [2.24, 2.45) is 0 Å². The number of hydrogen-bond acceptors (Lipinski definition) is 2. The van der Waals surface area contributed by atoms with Crippen LogP contribution in [-0.4, -0.2) is 25.6 Å². The van der Waals surface area contributed by atoms with Gasteiger partial charge in [0.1, 0.15) is 0 Å². The Morgan fingerprint density at radius 1 is 1.32 bits per heavy atom. The number of halogens is 3. The van der Waals surface area contributed by atoms with Crippen molar-refractivity contribution in [1.82, 2.24) is 5.32 Å². The van der Waals surface area contributed by atoms with Crippen molar-refractivity contribution in [3.8, 4) is 0 Å². The summed E-state index contributed by atoms with van der Waals surface area (Å²) in [6, 6.07) is 5.70. The molecule has 5 heteroatoms. The number of benzene rings is 1. The molecule has 0 aliphatic rings. The van der Waals surface area contributed by atoms with E-state index >= 15 is 0 Å². The largest absolute Gasteiger partial charge is 0.369 e. The number of nitrogens with zero attached hydrogens (tertiary/aromatic N) is 1. The van der Waals surface area contributed by atoms with Crippen LogP contribution in [0, 0.1) is 0 Å². The average Bonchev–Trinajstić information content (AvgIpc) is 2.25. The summed E-state index contributed by atoms with van der Waals surface area (Å²) in [6.07, 6.45) is -2.33. The molecule has 1 N–H and O–H groups in total. The number of nitrogens with one attached hydrogen (secondary N) is 1. The van der Waals surface area contributed by atoms with E-state index in [9.17, 15) is 8.78 Å². The molecule has 0 heterocycles. The average molecular weight is 335 g/mol. The summed E-state index contributed by atoms with van der Waals surface area (Å²) in [4.78, 5) is 1.55. The second kappa shape index (κ2) is 6.66. The third kappa shape index (κ3) is 5.87. The van der Waals surface area contributed by atoms with Gasteiger partial charge < -0.3 is 10.2 Å². The molecule has 19 heavy (non-hydrogen) atoms. The fourth-order valence-electron chi connectivity index (χ4n) is 1.59. The molecule has 0 saturated carbocycles. The Kier molecular flexibility index (Phi) is 5.74. The van der Waals surface area contributed by atoms with E-state index in [1.54, 1.807) is 11.9 Å². The lowest BCUT2D eigenvalue weighted by molar-refractivity contribution is 0.156. The van der Waals surface area contributed by atoms with Gasteiger partial charge in [-0.2, -0.15) is 0 Å². The molecular formula is C14H21BrF2N2. The van der Waals surface area contributed by atoms with Gasteiger partial charge in [-0.3, -0.25) is 0 Å². The Morgan fingerprint density at radius 2 is 1.95 bits per heavy atom. The second-order valence-corrected chi connectivity index (χ2v) is 6.51. The van der Waals surface area contributed by atoms with E-state index in [1.807, 2.05) is 18.2 Å². The number of hydrogen-bond donors (Lipinski definition) is 1. The maximum absolute atomic E-state index is 12.3. The van der Waals surface area contributed by atoms with Gasteiger partial charge in [-0.25, -0.2) is 8.78 Å². The van der Waals surface area contributed by atoms with Gasteiger partial charge in [0.25, 0.3) is 6.43 Å². The lowest BCUT2D eigenvalue weighted by atomic mass is 10.1. The van der Waals surface area contributed by atoms with Gasteiger partial charge in [0.15, 0.2) is 0 Å². The molecule has 1 rings (SSSR count). The van der Waals surface area contributed by atoms with Crippen LogP contribution < -0.4 is 10.2 Å².